The van der Waals surface area contributed by atoms with E-state index in [1.165, 1.54) is 12.1 Å². The molecule has 0 spiro atoms. The second-order valence-electron chi connectivity index (χ2n) is 7.60. The second-order valence-corrected chi connectivity index (χ2v) is 7.60. The molecule has 172 valence electrons. The molecule has 2 heterocycles. The highest BCUT2D eigenvalue weighted by Gasteiger charge is 2.31. The molecule has 0 atom stereocenters. The lowest BCUT2D eigenvalue weighted by Gasteiger charge is -2.26. The molecule has 1 aliphatic rings. The van der Waals surface area contributed by atoms with Gasteiger partial charge in [0.2, 0.25) is 0 Å². The molecule has 1 fully saturated rings. The number of nitrogens with zero attached hydrogens (tertiary/aromatic N) is 4. The predicted octanol–water partition coefficient (Wildman–Crippen LogP) is 4.12. The van der Waals surface area contributed by atoms with E-state index in [0.29, 0.717) is 18.7 Å². The van der Waals surface area contributed by atoms with Crippen molar-refractivity contribution in [2.45, 2.75) is 25.4 Å². The summed E-state index contributed by atoms with van der Waals surface area (Å²) in [6.45, 7) is 0.797. The Morgan fingerprint density at radius 1 is 0.970 bits per heavy atom. The van der Waals surface area contributed by atoms with Crippen LogP contribution in [0.3, 0.4) is 0 Å². The number of ether oxygens (including phenoxy) is 1. The first-order valence-corrected chi connectivity index (χ1v) is 10.5. The summed E-state index contributed by atoms with van der Waals surface area (Å²) in [6, 6.07) is 13.2. The maximum atomic E-state index is 13.2. The minimum Gasteiger partial charge on any atom is -0.450 e. The van der Waals surface area contributed by atoms with Crippen LogP contribution in [0.2, 0.25) is 0 Å². The monoisotopic (exact) mass is 458 g/mol. The summed E-state index contributed by atoms with van der Waals surface area (Å²) in [4.78, 5) is 30.7. The summed E-state index contributed by atoms with van der Waals surface area (Å²) in [6.07, 6.45) is -1.67. The fourth-order valence-corrected chi connectivity index (χ4v) is 3.59. The Kier molecular flexibility index (Phi) is 6.43. The summed E-state index contributed by atoms with van der Waals surface area (Å²) < 4.78 is 45.9. The summed E-state index contributed by atoms with van der Waals surface area (Å²) in [7, 11) is 0. The molecule has 0 N–H and O–H groups in total. The number of hydrogen-bond acceptors (Lipinski definition) is 5. The van der Waals surface area contributed by atoms with Gasteiger partial charge in [-0.05, 0) is 37.5 Å². The Morgan fingerprint density at radius 3 is 2.39 bits per heavy atom. The van der Waals surface area contributed by atoms with Gasteiger partial charge in [-0.2, -0.15) is 13.2 Å². The fraction of sp³-hybridized carbons (Fsp3) is 0.304. The zero-order chi connectivity index (χ0) is 23.4. The largest absolute Gasteiger partial charge is 0.450 e. The molecule has 1 amide bonds. The van der Waals surface area contributed by atoms with E-state index in [1.807, 2.05) is 0 Å². The first-order valence-electron chi connectivity index (χ1n) is 10.5. The highest BCUT2D eigenvalue weighted by atomic mass is 19.4. The van der Waals surface area contributed by atoms with Crippen LogP contribution in [0.15, 0.2) is 54.6 Å². The van der Waals surface area contributed by atoms with Crippen molar-refractivity contribution < 1.29 is 27.5 Å². The summed E-state index contributed by atoms with van der Waals surface area (Å²) in [5, 5.41) is 4.11. The van der Waals surface area contributed by atoms with Crippen molar-refractivity contribution in [3.05, 3.63) is 66.0 Å². The molecule has 0 aliphatic carbocycles. The molecule has 0 unspecified atom stereocenters. The van der Waals surface area contributed by atoms with Crippen LogP contribution in [0.25, 0.3) is 17.1 Å². The maximum absolute atomic E-state index is 13.2. The Labute approximate surface area is 187 Å². The number of hydrogen-bond donors (Lipinski definition) is 0. The molecule has 4 rings (SSSR count). The van der Waals surface area contributed by atoms with Crippen LogP contribution in [0, 0.1) is 0 Å². The molecule has 1 aliphatic heterocycles. The Bertz CT molecular complexity index is 1140. The van der Waals surface area contributed by atoms with E-state index in [2.05, 4.69) is 10.1 Å². The van der Waals surface area contributed by atoms with E-state index in [9.17, 15) is 22.8 Å². The maximum Gasteiger partial charge on any atom is 0.416 e. The van der Waals surface area contributed by atoms with Gasteiger partial charge in [-0.15, -0.1) is 5.10 Å². The zero-order valence-corrected chi connectivity index (χ0v) is 17.6. The third-order valence-electron chi connectivity index (χ3n) is 5.28. The topological polar surface area (TPSA) is 77.3 Å². The van der Waals surface area contributed by atoms with Crippen LogP contribution in [0.5, 0.6) is 0 Å². The van der Waals surface area contributed by atoms with E-state index in [4.69, 9.17) is 4.74 Å². The fourth-order valence-electron chi connectivity index (χ4n) is 3.59. The van der Waals surface area contributed by atoms with Gasteiger partial charge in [0.05, 0.1) is 11.3 Å². The van der Waals surface area contributed by atoms with E-state index in [1.54, 1.807) is 35.2 Å². The molecule has 0 bridgehead atoms. The lowest BCUT2D eigenvalue weighted by molar-refractivity contribution is -0.137. The number of carbonyl (C=O) groups is 2. The minimum atomic E-state index is -4.54. The highest BCUT2D eigenvalue weighted by molar-refractivity contribution is 5.88. The van der Waals surface area contributed by atoms with Gasteiger partial charge in [0.15, 0.2) is 12.4 Å². The number of benzene rings is 2. The molecule has 3 aromatic rings. The highest BCUT2D eigenvalue weighted by Crippen LogP contribution is 2.31. The average Bonchev–Trinajstić information content (AvgIpc) is 3.29. The SMILES string of the molecule is O=C(OCC(=O)N1CCCCC1)c1nc(-c2ccccc2)n(-c2cccc(C(F)(F)F)c2)n1. The standard InChI is InChI=1S/C23H21F3N4O3/c24-23(25,26)17-10-7-11-18(14-17)30-21(16-8-3-1-4-9-16)27-20(28-30)22(32)33-15-19(31)29-12-5-2-6-13-29/h1,3-4,7-11,14H,2,5-6,12-13,15H2. The van der Waals surface area contributed by atoms with Gasteiger partial charge in [-0.3, -0.25) is 4.79 Å². The third-order valence-corrected chi connectivity index (χ3v) is 5.28. The number of carbonyl (C=O) groups excluding carboxylic acids is 2. The molecule has 2 aromatic carbocycles. The van der Waals surface area contributed by atoms with Gasteiger partial charge in [0.25, 0.3) is 11.7 Å². The van der Waals surface area contributed by atoms with E-state index in [0.717, 1.165) is 36.1 Å². The number of aromatic nitrogens is 3. The minimum absolute atomic E-state index is 0.0830. The Hall–Kier alpha value is -3.69. The first-order chi connectivity index (χ1) is 15.8. The smallest absolute Gasteiger partial charge is 0.416 e. The number of likely N-dealkylation sites (tertiary alicyclic amines) is 1. The molecule has 10 heteroatoms. The van der Waals surface area contributed by atoms with E-state index in [-0.39, 0.29) is 23.2 Å². The van der Waals surface area contributed by atoms with Crippen molar-refractivity contribution in [2.24, 2.45) is 0 Å². The van der Waals surface area contributed by atoms with Crippen molar-refractivity contribution in [3.63, 3.8) is 0 Å². The van der Waals surface area contributed by atoms with Gasteiger partial charge in [0.1, 0.15) is 0 Å². The molecular weight excluding hydrogens is 437 g/mol. The van der Waals surface area contributed by atoms with Crippen LogP contribution < -0.4 is 0 Å². The van der Waals surface area contributed by atoms with Gasteiger partial charge in [0, 0.05) is 18.7 Å². The molecule has 1 saturated heterocycles. The Balaban J connectivity index is 1.62. The van der Waals surface area contributed by atoms with Crippen molar-refractivity contribution in [1.29, 1.82) is 0 Å². The van der Waals surface area contributed by atoms with Gasteiger partial charge in [-0.1, -0.05) is 36.4 Å². The molecule has 0 radical (unpaired) electrons. The molecule has 1 aromatic heterocycles. The van der Waals surface area contributed by atoms with Crippen LogP contribution in [-0.2, 0) is 15.7 Å². The van der Waals surface area contributed by atoms with Gasteiger partial charge < -0.3 is 9.64 Å². The zero-order valence-electron chi connectivity index (χ0n) is 17.6. The number of piperidine rings is 1. The van der Waals surface area contributed by atoms with Gasteiger partial charge >= 0.3 is 12.1 Å². The van der Waals surface area contributed by atoms with Crippen LogP contribution in [-0.4, -0.2) is 51.2 Å². The molecule has 7 nitrogen and oxygen atoms in total. The Morgan fingerprint density at radius 2 is 1.70 bits per heavy atom. The lowest BCUT2D eigenvalue weighted by atomic mass is 10.1. The van der Waals surface area contributed by atoms with Crippen LogP contribution in [0.1, 0.15) is 35.4 Å². The number of amides is 1. The number of alkyl halides is 3. The molecule has 0 saturated carbocycles. The number of esters is 1. The number of halogens is 3. The van der Waals surface area contributed by atoms with Crippen LogP contribution in [0.4, 0.5) is 13.2 Å². The van der Waals surface area contributed by atoms with Crippen LogP contribution >= 0.6 is 0 Å². The van der Waals surface area contributed by atoms with Crippen molar-refractivity contribution in [2.75, 3.05) is 19.7 Å². The van der Waals surface area contributed by atoms with Crippen molar-refractivity contribution in [3.8, 4) is 17.1 Å². The van der Waals surface area contributed by atoms with E-state index >= 15 is 0 Å². The third kappa shape index (κ3) is 5.21. The first kappa shape index (κ1) is 22.5. The predicted molar refractivity (Wildman–Crippen MR) is 113 cm³/mol. The summed E-state index contributed by atoms with van der Waals surface area (Å²) in [5.74, 6) is -1.41. The quantitative estimate of drug-likeness (QED) is 0.538. The summed E-state index contributed by atoms with van der Waals surface area (Å²) >= 11 is 0. The summed E-state index contributed by atoms with van der Waals surface area (Å²) in [5.41, 5.74) is -0.226. The normalized spacial score (nSPS) is 14.2. The second kappa shape index (κ2) is 9.43. The van der Waals surface area contributed by atoms with E-state index < -0.39 is 24.3 Å². The number of rotatable bonds is 5. The van der Waals surface area contributed by atoms with Crippen molar-refractivity contribution in [1.82, 2.24) is 19.7 Å². The molecule has 33 heavy (non-hydrogen) atoms. The lowest BCUT2D eigenvalue weighted by Crippen LogP contribution is -2.38. The molecular formula is C23H21F3N4O3. The average molecular weight is 458 g/mol. The van der Waals surface area contributed by atoms with Crippen molar-refractivity contribution >= 4 is 11.9 Å². The van der Waals surface area contributed by atoms with Gasteiger partial charge in [-0.25, -0.2) is 14.5 Å².